The van der Waals surface area contributed by atoms with Crippen LogP contribution in [-0.4, -0.2) is 19.0 Å². The van der Waals surface area contributed by atoms with Crippen molar-refractivity contribution >= 4 is 17.6 Å². The summed E-state index contributed by atoms with van der Waals surface area (Å²) in [6.45, 7) is 0. The molecule has 124 valence electrons. The summed E-state index contributed by atoms with van der Waals surface area (Å²) in [6.07, 6.45) is 0.474. The number of methoxy groups -OCH3 is 1. The van der Waals surface area contributed by atoms with Crippen molar-refractivity contribution < 1.29 is 19.4 Å². The van der Waals surface area contributed by atoms with E-state index in [4.69, 9.17) is 4.74 Å². The number of carboxylic acid groups (broad SMARTS) is 1. The minimum Gasteiger partial charge on any atom is -0.550 e. The zero-order valence-corrected chi connectivity index (χ0v) is 13.3. The van der Waals surface area contributed by atoms with Crippen LogP contribution in [0.15, 0.2) is 54.6 Å². The van der Waals surface area contributed by atoms with Gasteiger partial charge >= 0.3 is 0 Å². The predicted molar refractivity (Wildman–Crippen MR) is 87.4 cm³/mol. The molecule has 0 radical (unpaired) electrons. The Morgan fingerprint density at radius 2 is 1.79 bits per heavy atom. The van der Waals surface area contributed by atoms with Crippen LogP contribution < -0.4 is 14.7 Å². The minimum atomic E-state index is -1.13. The number of anilines is 1. The first-order valence-corrected chi connectivity index (χ1v) is 7.83. The van der Waals surface area contributed by atoms with E-state index in [9.17, 15) is 14.7 Å². The number of piperidine rings is 1. The average molecular weight is 324 g/mol. The minimum absolute atomic E-state index is 0.0912. The lowest BCUT2D eigenvalue weighted by atomic mass is 9.84. The van der Waals surface area contributed by atoms with Crippen LogP contribution in [0.25, 0.3) is 0 Å². The van der Waals surface area contributed by atoms with Gasteiger partial charge in [-0.3, -0.25) is 4.79 Å². The van der Waals surface area contributed by atoms with Crippen LogP contribution in [-0.2, 0) is 9.59 Å². The molecular formula is C19H18NO4-. The van der Waals surface area contributed by atoms with Crippen LogP contribution in [0.1, 0.15) is 24.4 Å². The zero-order chi connectivity index (χ0) is 17.1. The number of ether oxygens (including phenoxy) is 1. The first-order valence-electron chi connectivity index (χ1n) is 7.83. The highest BCUT2D eigenvalue weighted by molar-refractivity contribution is 5.96. The van der Waals surface area contributed by atoms with E-state index in [1.165, 1.54) is 0 Å². The second kappa shape index (κ2) is 6.74. The largest absolute Gasteiger partial charge is 0.550 e. The van der Waals surface area contributed by atoms with Gasteiger partial charge in [-0.25, -0.2) is 0 Å². The first kappa shape index (κ1) is 16.1. The summed E-state index contributed by atoms with van der Waals surface area (Å²) in [7, 11) is 1.57. The van der Waals surface area contributed by atoms with Gasteiger partial charge in [-0.05, 0) is 36.2 Å². The Bertz CT molecular complexity index is 727. The van der Waals surface area contributed by atoms with Gasteiger partial charge in [0.05, 0.1) is 13.2 Å². The number of aliphatic carboxylic acids is 1. The highest BCUT2D eigenvalue weighted by atomic mass is 16.5. The van der Waals surface area contributed by atoms with E-state index in [0.29, 0.717) is 11.4 Å². The SMILES string of the molecule is COc1ccc(N2C(=O)CC[C@@H](C(=O)[O-])[C@@H]2c2ccccc2)cc1. The molecule has 1 aliphatic rings. The van der Waals surface area contributed by atoms with E-state index in [2.05, 4.69) is 0 Å². The topological polar surface area (TPSA) is 69.7 Å². The summed E-state index contributed by atoms with van der Waals surface area (Å²) in [5.41, 5.74) is 1.44. The van der Waals surface area contributed by atoms with Gasteiger partial charge in [-0.1, -0.05) is 30.3 Å². The number of carboxylic acids is 1. The number of carbonyl (C=O) groups excluding carboxylic acids is 2. The molecule has 24 heavy (non-hydrogen) atoms. The van der Waals surface area contributed by atoms with E-state index in [1.807, 2.05) is 30.3 Å². The van der Waals surface area contributed by atoms with Gasteiger partial charge in [-0.15, -0.1) is 0 Å². The molecule has 1 fully saturated rings. The normalized spacial score (nSPS) is 20.7. The third kappa shape index (κ3) is 2.97. The third-order valence-corrected chi connectivity index (χ3v) is 4.39. The van der Waals surface area contributed by atoms with Crippen LogP contribution in [0, 0.1) is 5.92 Å². The van der Waals surface area contributed by atoms with E-state index >= 15 is 0 Å². The van der Waals surface area contributed by atoms with Gasteiger partial charge < -0.3 is 19.5 Å². The highest BCUT2D eigenvalue weighted by Gasteiger charge is 2.38. The fraction of sp³-hybridized carbons (Fsp3) is 0.263. The Kier molecular flexibility index (Phi) is 4.51. The number of hydrogen-bond acceptors (Lipinski definition) is 4. The van der Waals surface area contributed by atoms with Gasteiger partial charge in [-0.2, -0.15) is 0 Å². The van der Waals surface area contributed by atoms with Crippen LogP contribution in [0.4, 0.5) is 5.69 Å². The van der Waals surface area contributed by atoms with Gasteiger partial charge in [0.1, 0.15) is 5.75 Å². The van der Waals surface area contributed by atoms with Gasteiger partial charge in [0.15, 0.2) is 0 Å². The lowest BCUT2D eigenvalue weighted by molar-refractivity contribution is -0.312. The van der Waals surface area contributed by atoms with Crippen molar-refractivity contribution in [3.8, 4) is 5.75 Å². The van der Waals surface area contributed by atoms with Crippen LogP contribution in [0.3, 0.4) is 0 Å². The van der Waals surface area contributed by atoms with Crippen molar-refractivity contribution in [2.75, 3.05) is 12.0 Å². The molecule has 0 bridgehead atoms. The average Bonchev–Trinajstić information content (AvgIpc) is 2.62. The number of rotatable bonds is 4. The Morgan fingerprint density at radius 1 is 1.12 bits per heavy atom. The lowest BCUT2D eigenvalue weighted by Gasteiger charge is -2.42. The van der Waals surface area contributed by atoms with Crippen molar-refractivity contribution in [1.82, 2.24) is 0 Å². The molecule has 2 aromatic rings. The maximum Gasteiger partial charge on any atom is 0.227 e. The van der Waals surface area contributed by atoms with Crippen molar-refractivity contribution in [2.45, 2.75) is 18.9 Å². The monoisotopic (exact) mass is 324 g/mol. The summed E-state index contributed by atoms with van der Waals surface area (Å²) < 4.78 is 5.15. The fourth-order valence-corrected chi connectivity index (χ4v) is 3.22. The molecule has 0 spiro atoms. The molecule has 5 heteroatoms. The molecule has 0 N–H and O–H groups in total. The Hall–Kier alpha value is -2.82. The maximum atomic E-state index is 12.6. The number of carbonyl (C=O) groups is 2. The molecule has 0 saturated carbocycles. The number of amides is 1. The Balaban J connectivity index is 2.07. The number of hydrogen-bond donors (Lipinski definition) is 0. The summed E-state index contributed by atoms with van der Waals surface area (Å²) in [6, 6.07) is 15.7. The Labute approximate surface area is 140 Å². The van der Waals surface area contributed by atoms with Crippen LogP contribution in [0.2, 0.25) is 0 Å². The van der Waals surface area contributed by atoms with E-state index in [0.717, 1.165) is 5.56 Å². The van der Waals surface area contributed by atoms with Gasteiger partial charge in [0, 0.05) is 24.0 Å². The summed E-state index contributed by atoms with van der Waals surface area (Å²) in [5, 5.41) is 11.7. The highest BCUT2D eigenvalue weighted by Crippen LogP contribution is 2.39. The second-order valence-corrected chi connectivity index (χ2v) is 5.78. The molecule has 0 aromatic heterocycles. The summed E-state index contributed by atoms with van der Waals surface area (Å²) in [5.74, 6) is -1.29. The number of benzene rings is 2. The number of nitrogens with zero attached hydrogens (tertiary/aromatic N) is 1. The summed E-state index contributed by atoms with van der Waals surface area (Å²) >= 11 is 0. The van der Waals surface area contributed by atoms with Gasteiger partial charge in [0.2, 0.25) is 5.91 Å². The van der Waals surface area contributed by atoms with Crippen molar-refractivity contribution in [2.24, 2.45) is 5.92 Å². The van der Waals surface area contributed by atoms with Crippen molar-refractivity contribution in [3.05, 3.63) is 60.2 Å². The molecule has 1 amide bonds. The third-order valence-electron chi connectivity index (χ3n) is 4.39. The smallest absolute Gasteiger partial charge is 0.227 e. The van der Waals surface area contributed by atoms with Crippen molar-refractivity contribution in [1.29, 1.82) is 0 Å². The zero-order valence-electron chi connectivity index (χ0n) is 13.3. The van der Waals surface area contributed by atoms with E-state index in [1.54, 1.807) is 36.3 Å². The quantitative estimate of drug-likeness (QED) is 0.862. The molecule has 2 atom stereocenters. The molecular weight excluding hydrogens is 306 g/mol. The molecule has 1 saturated heterocycles. The molecule has 0 aliphatic carbocycles. The fourth-order valence-electron chi connectivity index (χ4n) is 3.22. The first-order chi connectivity index (χ1) is 11.6. The molecule has 1 heterocycles. The molecule has 3 rings (SSSR count). The molecule has 2 aromatic carbocycles. The Morgan fingerprint density at radius 3 is 2.38 bits per heavy atom. The van der Waals surface area contributed by atoms with Crippen LogP contribution >= 0.6 is 0 Å². The van der Waals surface area contributed by atoms with E-state index < -0.39 is 17.9 Å². The predicted octanol–water partition coefficient (Wildman–Crippen LogP) is 1.93. The van der Waals surface area contributed by atoms with Gasteiger partial charge in [0.25, 0.3) is 0 Å². The maximum absolute atomic E-state index is 12.6. The van der Waals surface area contributed by atoms with Crippen LogP contribution in [0.5, 0.6) is 5.75 Å². The molecule has 1 aliphatic heterocycles. The van der Waals surface area contributed by atoms with E-state index in [-0.39, 0.29) is 18.7 Å². The van der Waals surface area contributed by atoms with Crippen molar-refractivity contribution in [3.63, 3.8) is 0 Å². The molecule has 5 nitrogen and oxygen atoms in total. The summed E-state index contributed by atoms with van der Waals surface area (Å²) in [4.78, 5) is 25.8. The standard InChI is InChI=1S/C19H19NO4/c1-24-15-9-7-14(8-10-15)20-17(21)12-11-16(19(22)23)18(20)13-5-3-2-4-6-13/h2-10,16,18H,11-12H2,1H3,(H,22,23)/p-1/t16-,18+/m1/s1. The molecule has 0 unspecified atom stereocenters. The second-order valence-electron chi connectivity index (χ2n) is 5.78. The lowest BCUT2D eigenvalue weighted by Crippen LogP contribution is -2.49.